The number of aromatic nitrogens is 1. The summed E-state index contributed by atoms with van der Waals surface area (Å²) in [6, 6.07) is 5.44. The van der Waals surface area contributed by atoms with Crippen LogP contribution in [0.25, 0.3) is 0 Å². The van der Waals surface area contributed by atoms with E-state index in [9.17, 15) is 0 Å². The molecule has 2 heterocycles. The van der Waals surface area contributed by atoms with Gasteiger partial charge in [0.25, 0.3) is 0 Å². The molecule has 2 rings (SSSR count). The summed E-state index contributed by atoms with van der Waals surface area (Å²) in [6.07, 6.45) is 5.14. The van der Waals surface area contributed by atoms with Gasteiger partial charge in [0.2, 0.25) is 5.88 Å². The van der Waals surface area contributed by atoms with Gasteiger partial charge in [0.05, 0.1) is 18.2 Å². The minimum atomic E-state index is 0.554. The Kier molecular flexibility index (Phi) is 4.34. The Bertz CT molecular complexity index is 394. The number of hydrogen-bond acceptors (Lipinski definition) is 4. The SMILES string of the molecule is N#Cc1ccnc(OCCC2CCNCC2)c1. The van der Waals surface area contributed by atoms with Crippen molar-refractivity contribution in [1.82, 2.24) is 10.3 Å². The molecular weight excluding hydrogens is 214 g/mol. The minimum absolute atomic E-state index is 0.554. The topological polar surface area (TPSA) is 57.9 Å². The highest BCUT2D eigenvalue weighted by Gasteiger charge is 2.12. The van der Waals surface area contributed by atoms with E-state index in [2.05, 4.69) is 16.4 Å². The lowest BCUT2D eigenvalue weighted by atomic mass is 9.95. The Balaban J connectivity index is 1.75. The van der Waals surface area contributed by atoms with Crippen LogP contribution >= 0.6 is 0 Å². The first-order valence-electron chi connectivity index (χ1n) is 6.08. The number of piperidine rings is 1. The highest BCUT2D eigenvalue weighted by molar-refractivity contribution is 5.31. The molecule has 0 atom stereocenters. The van der Waals surface area contributed by atoms with Crippen LogP contribution in [0, 0.1) is 17.2 Å². The number of pyridine rings is 1. The van der Waals surface area contributed by atoms with Crippen LogP contribution in [0.15, 0.2) is 18.3 Å². The van der Waals surface area contributed by atoms with E-state index < -0.39 is 0 Å². The van der Waals surface area contributed by atoms with Crippen molar-refractivity contribution >= 4 is 0 Å². The van der Waals surface area contributed by atoms with Gasteiger partial charge in [0.15, 0.2) is 0 Å². The first kappa shape index (κ1) is 11.9. The monoisotopic (exact) mass is 231 g/mol. The van der Waals surface area contributed by atoms with E-state index in [1.807, 2.05) is 0 Å². The van der Waals surface area contributed by atoms with E-state index in [-0.39, 0.29) is 0 Å². The van der Waals surface area contributed by atoms with Crippen molar-refractivity contribution in [2.75, 3.05) is 19.7 Å². The molecule has 0 amide bonds. The molecule has 17 heavy (non-hydrogen) atoms. The van der Waals surface area contributed by atoms with Crippen molar-refractivity contribution < 1.29 is 4.74 Å². The molecule has 4 nitrogen and oxygen atoms in total. The zero-order valence-electron chi connectivity index (χ0n) is 9.85. The summed E-state index contributed by atoms with van der Waals surface area (Å²) < 4.78 is 5.57. The Labute approximate surface area is 102 Å². The zero-order chi connectivity index (χ0) is 11.9. The van der Waals surface area contributed by atoms with Crippen LogP contribution in [0.1, 0.15) is 24.8 Å². The summed E-state index contributed by atoms with van der Waals surface area (Å²) >= 11 is 0. The molecule has 90 valence electrons. The molecule has 1 fully saturated rings. The molecule has 1 aliphatic rings. The fourth-order valence-corrected chi connectivity index (χ4v) is 2.06. The van der Waals surface area contributed by atoms with Gasteiger partial charge in [0.1, 0.15) is 0 Å². The molecule has 0 radical (unpaired) electrons. The predicted octanol–water partition coefficient (Wildman–Crippen LogP) is 1.72. The molecule has 0 spiro atoms. The Morgan fingerprint density at radius 1 is 1.47 bits per heavy atom. The standard InChI is InChI=1S/C13H17N3O/c14-10-12-3-7-16-13(9-12)17-8-4-11-1-5-15-6-2-11/h3,7,9,11,15H,1-2,4-6,8H2. The highest BCUT2D eigenvalue weighted by atomic mass is 16.5. The summed E-state index contributed by atoms with van der Waals surface area (Å²) in [6.45, 7) is 2.92. The largest absolute Gasteiger partial charge is 0.478 e. The Morgan fingerprint density at radius 2 is 2.29 bits per heavy atom. The molecule has 1 aromatic heterocycles. The van der Waals surface area contributed by atoms with Gasteiger partial charge in [-0.2, -0.15) is 5.26 Å². The molecule has 1 N–H and O–H groups in total. The molecule has 4 heteroatoms. The van der Waals surface area contributed by atoms with Gasteiger partial charge in [-0.3, -0.25) is 0 Å². The number of nitriles is 1. The first-order chi connectivity index (χ1) is 8.38. The zero-order valence-corrected chi connectivity index (χ0v) is 9.85. The third-order valence-corrected chi connectivity index (χ3v) is 3.10. The number of nitrogens with one attached hydrogen (secondary N) is 1. The van der Waals surface area contributed by atoms with Crippen molar-refractivity contribution in [1.29, 1.82) is 5.26 Å². The molecule has 0 aromatic carbocycles. The van der Waals surface area contributed by atoms with Crippen LogP contribution in [0.5, 0.6) is 5.88 Å². The molecule has 0 bridgehead atoms. The second-order valence-corrected chi connectivity index (χ2v) is 4.33. The van der Waals surface area contributed by atoms with E-state index in [1.165, 1.54) is 12.8 Å². The van der Waals surface area contributed by atoms with Gasteiger partial charge in [-0.25, -0.2) is 4.98 Å². The molecule has 0 unspecified atom stereocenters. The van der Waals surface area contributed by atoms with Crippen molar-refractivity contribution in [3.63, 3.8) is 0 Å². The molecule has 1 saturated heterocycles. The molecule has 0 saturated carbocycles. The summed E-state index contributed by atoms with van der Waals surface area (Å²) in [5, 5.41) is 12.1. The van der Waals surface area contributed by atoms with Crippen LogP contribution in [0.3, 0.4) is 0 Å². The van der Waals surface area contributed by atoms with Crippen molar-refractivity contribution in [3.05, 3.63) is 23.9 Å². The van der Waals surface area contributed by atoms with Crippen molar-refractivity contribution in [3.8, 4) is 11.9 Å². The summed E-state index contributed by atoms with van der Waals surface area (Å²) in [5.74, 6) is 1.31. The number of rotatable bonds is 4. The summed E-state index contributed by atoms with van der Waals surface area (Å²) in [4.78, 5) is 4.08. The van der Waals surface area contributed by atoms with Crippen LogP contribution in [-0.4, -0.2) is 24.7 Å². The Morgan fingerprint density at radius 3 is 3.06 bits per heavy atom. The maximum atomic E-state index is 8.75. The van der Waals surface area contributed by atoms with Crippen LogP contribution < -0.4 is 10.1 Å². The van der Waals surface area contributed by atoms with Gasteiger partial charge in [-0.1, -0.05) is 0 Å². The van der Waals surface area contributed by atoms with E-state index in [0.29, 0.717) is 18.1 Å². The van der Waals surface area contributed by atoms with E-state index in [4.69, 9.17) is 10.00 Å². The van der Waals surface area contributed by atoms with E-state index in [0.717, 1.165) is 25.4 Å². The predicted molar refractivity (Wildman–Crippen MR) is 64.7 cm³/mol. The molecular formula is C13H17N3O. The minimum Gasteiger partial charge on any atom is -0.478 e. The van der Waals surface area contributed by atoms with Gasteiger partial charge in [-0.15, -0.1) is 0 Å². The lowest BCUT2D eigenvalue weighted by Crippen LogP contribution is -2.28. The maximum Gasteiger partial charge on any atom is 0.214 e. The molecule has 1 aromatic rings. The number of nitrogens with zero attached hydrogens (tertiary/aromatic N) is 2. The third-order valence-electron chi connectivity index (χ3n) is 3.10. The second kappa shape index (κ2) is 6.21. The van der Waals surface area contributed by atoms with Crippen molar-refractivity contribution in [2.24, 2.45) is 5.92 Å². The average Bonchev–Trinajstić information content (AvgIpc) is 2.40. The second-order valence-electron chi connectivity index (χ2n) is 4.33. The lowest BCUT2D eigenvalue weighted by molar-refractivity contribution is 0.245. The highest BCUT2D eigenvalue weighted by Crippen LogP contribution is 2.16. The first-order valence-corrected chi connectivity index (χ1v) is 6.08. The smallest absolute Gasteiger partial charge is 0.214 e. The van der Waals surface area contributed by atoms with Gasteiger partial charge in [0, 0.05) is 12.3 Å². The van der Waals surface area contributed by atoms with Gasteiger partial charge >= 0.3 is 0 Å². The maximum absolute atomic E-state index is 8.75. The fraction of sp³-hybridized carbons (Fsp3) is 0.538. The summed E-state index contributed by atoms with van der Waals surface area (Å²) in [7, 11) is 0. The molecule has 0 aliphatic carbocycles. The normalized spacial score (nSPS) is 16.4. The van der Waals surface area contributed by atoms with Crippen LogP contribution in [-0.2, 0) is 0 Å². The van der Waals surface area contributed by atoms with Gasteiger partial charge in [-0.05, 0) is 44.3 Å². The average molecular weight is 231 g/mol. The molecule has 1 aliphatic heterocycles. The lowest BCUT2D eigenvalue weighted by Gasteiger charge is -2.22. The van der Waals surface area contributed by atoms with Crippen LogP contribution in [0.2, 0.25) is 0 Å². The number of hydrogen-bond donors (Lipinski definition) is 1. The Hall–Kier alpha value is -1.60. The van der Waals surface area contributed by atoms with E-state index >= 15 is 0 Å². The summed E-state index contributed by atoms with van der Waals surface area (Å²) in [5.41, 5.74) is 0.594. The van der Waals surface area contributed by atoms with Gasteiger partial charge < -0.3 is 10.1 Å². The fourth-order valence-electron chi connectivity index (χ4n) is 2.06. The third kappa shape index (κ3) is 3.72. The number of ether oxygens (including phenoxy) is 1. The van der Waals surface area contributed by atoms with E-state index in [1.54, 1.807) is 18.3 Å². The quantitative estimate of drug-likeness (QED) is 0.857. The van der Waals surface area contributed by atoms with Crippen molar-refractivity contribution in [2.45, 2.75) is 19.3 Å². The van der Waals surface area contributed by atoms with Crippen LogP contribution in [0.4, 0.5) is 0 Å².